The van der Waals surface area contributed by atoms with Gasteiger partial charge in [0.1, 0.15) is 0 Å². The molecule has 0 radical (unpaired) electrons. The molecule has 5 nitrogen and oxygen atoms in total. The van der Waals surface area contributed by atoms with Crippen LogP contribution in [-0.4, -0.2) is 31.1 Å². The van der Waals surface area contributed by atoms with E-state index in [0.717, 1.165) is 0 Å². The highest BCUT2D eigenvalue weighted by Gasteiger charge is 2.13. The van der Waals surface area contributed by atoms with Gasteiger partial charge in [0.05, 0.1) is 12.6 Å². The van der Waals surface area contributed by atoms with Crippen molar-refractivity contribution >= 4 is 11.9 Å². The quantitative estimate of drug-likeness (QED) is 0.566. The molecule has 15 heavy (non-hydrogen) atoms. The number of hydrogen-bond donors (Lipinski definition) is 3. The summed E-state index contributed by atoms with van der Waals surface area (Å²) >= 11 is 0. The lowest BCUT2D eigenvalue weighted by Crippen LogP contribution is -2.48. The van der Waals surface area contributed by atoms with Gasteiger partial charge in [-0.1, -0.05) is 5.92 Å². The van der Waals surface area contributed by atoms with E-state index in [-0.39, 0.29) is 5.91 Å². The van der Waals surface area contributed by atoms with E-state index in [2.05, 4.69) is 27.8 Å². The summed E-state index contributed by atoms with van der Waals surface area (Å²) in [6.07, 6.45) is 0. The Morgan fingerprint density at radius 3 is 2.60 bits per heavy atom. The van der Waals surface area contributed by atoms with Gasteiger partial charge in [0, 0.05) is 6.54 Å². The predicted molar refractivity (Wildman–Crippen MR) is 58.1 cm³/mol. The third-order valence-electron chi connectivity index (χ3n) is 1.64. The second kappa shape index (κ2) is 7.83. The summed E-state index contributed by atoms with van der Waals surface area (Å²) in [7, 11) is 0. The summed E-state index contributed by atoms with van der Waals surface area (Å²) in [4.78, 5) is 22.3. The second-order valence-electron chi connectivity index (χ2n) is 2.88. The Kier molecular flexibility index (Phi) is 7.02. The molecule has 3 amide bonds. The van der Waals surface area contributed by atoms with Crippen LogP contribution in [0, 0.1) is 11.8 Å². The van der Waals surface area contributed by atoms with Crippen molar-refractivity contribution in [3.63, 3.8) is 0 Å². The average Bonchev–Trinajstić information content (AvgIpc) is 2.18. The zero-order valence-corrected chi connectivity index (χ0v) is 9.31. The summed E-state index contributed by atoms with van der Waals surface area (Å²) in [6.45, 7) is 6.10. The maximum absolute atomic E-state index is 11.3. The summed E-state index contributed by atoms with van der Waals surface area (Å²) in [6, 6.07) is -0.911. The van der Waals surface area contributed by atoms with Crippen LogP contribution < -0.4 is 16.0 Å². The number of amides is 3. The fourth-order valence-corrected chi connectivity index (χ4v) is 0.810. The van der Waals surface area contributed by atoms with Gasteiger partial charge in [-0.3, -0.25) is 15.4 Å². The molecular weight excluding hydrogens is 194 g/mol. The van der Waals surface area contributed by atoms with Gasteiger partial charge in [-0.25, -0.2) is 4.79 Å². The smallest absolute Gasteiger partial charge is 0.321 e. The van der Waals surface area contributed by atoms with Crippen molar-refractivity contribution in [1.29, 1.82) is 0 Å². The number of carbonyl (C=O) groups is 2. The van der Waals surface area contributed by atoms with Crippen molar-refractivity contribution in [2.45, 2.75) is 26.8 Å². The van der Waals surface area contributed by atoms with Gasteiger partial charge in [-0.15, -0.1) is 5.92 Å². The van der Waals surface area contributed by atoms with Gasteiger partial charge in [-0.05, 0) is 20.8 Å². The fourth-order valence-electron chi connectivity index (χ4n) is 0.810. The monoisotopic (exact) mass is 211 g/mol. The van der Waals surface area contributed by atoms with Crippen LogP contribution in [0.5, 0.6) is 0 Å². The van der Waals surface area contributed by atoms with Crippen molar-refractivity contribution in [1.82, 2.24) is 16.0 Å². The molecule has 0 heterocycles. The minimum Gasteiger partial charge on any atom is -0.338 e. The molecule has 0 aliphatic carbocycles. The van der Waals surface area contributed by atoms with Crippen molar-refractivity contribution in [3.8, 4) is 11.8 Å². The minimum absolute atomic E-state index is 0.362. The number of carbonyl (C=O) groups excluding carboxylic acids is 2. The number of rotatable bonds is 4. The van der Waals surface area contributed by atoms with E-state index in [1.165, 1.54) is 0 Å². The molecule has 0 spiro atoms. The summed E-state index contributed by atoms with van der Waals surface area (Å²) < 4.78 is 0. The first kappa shape index (κ1) is 13.5. The lowest BCUT2D eigenvalue weighted by Gasteiger charge is -2.11. The normalized spacial score (nSPS) is 10.9. The maximum Gasteiger partial charge on any atom is 0.321 e. The lowest BCUT2D eigenvalue weighted by atomic mass is 10.3. The highest BCUT2D eigenvalue weighted by atomic mass is 16.2. The van der Waals surface area contributed by atoms with E-state index in [1.54, 1.807) is 20.8 Å². The highest BCUT2D eigenvalue weighted by Crippen LogP contribution is 1.80. The zero-order chi connectivity index (χ0) is 11.7. The van der Waals surface area contributed by atoms with E-state index in [9.17, 15) is 9.59 Å². The number of urea groups is 1. The Labute approximate surface area is 90.0 Å². The van der Waals surface area contributed by atoms with Gasteiger partial charge in [0.25, 0.3) is 0 Å². The van der Waals surface area contributed by atoms with Gasteiger partial charge >= 0.3 is 6.03 Å². The van der Waals surface area contributed by atoms with Crippen molar-refractivity contribution in [2.75, 3.05) is 13.1 Å². The standard InChI is InChI=1S/C10H17N3O2/c1-4-6-7-12-8(3)9(14)13-10(15)11-5-2/h8,12H,5,7H2,1-3H3,(H2,11,13,14,15). The van der Waals surface area contributed by atoms with Gasteiger partial charge in [-0.2, -0.15) is 0 Å². The molecule has 0 aliphatic heterocycles. The largest absolute Gasteiger partial charge is 0.338 e. The van der Waals surface area contributed by atoms with Crippen LogP contribution in [0.3, 0.4) is 0 Å². The molecule has 0 saturated carbocycles. The number of imide groups is 1. The van der Waals surface area contributed by atoms with E-state index >= 15 is 0 Å². The molecule has 0 aromatic rings. The molecule has 0 aliphatic rings. The predicted octanol–water partition coefficient (Wildman–Crippen LogP) is -0.166. The first-order valence-electron chi connectivity index (χ1n) is 4.83. The van der Waals surface area contributed by atoms with Crippen LogP contribution >= 0.6 is 0 Å². The summed E-state index contributed by atoms with van der Waals surface area (Å²) in [5, 5.41) is 7.54. The zero-order valence-electron chi connectivity index (χ0n) is 9.31. The van der Waals surface area contributed by atoms with E-state index in [4.69, 9.17) is 0 Å². The Balaban J connectivity index is 3.86. The van der Waals surface area contributed by atoms with Crippen LogP contribution in [0.25, 0.3) is 0 Å². The summed E-state index contributed by atoms with van der Waals surface area (Å²) in [5.74, 6) is 5.11. The van der Waals surface area contributed by atoms with Crippen LogP contribution in [0.15, 0.2) is 0 Å². The Morgan fingerprint density at radius 1 is 1.40 bits per heavy atom. The van der Waals surface area contributed by atoms with Crippen molar-refractivity contribution in [2.24, 2.45) is 0 Å². The first-order valence-corrected chi connectivity index (χ1v) is 4.83. The van der Waals surface area contributed by atoms with E-state index in [0.29, 0.717) is 13.1 Å². The van der Waals surface area contributed by atoms with Crippen LogP contribution in [0.2, 0.25) is 0 Å². The number of hydrogen-bond acceptors (Lipinski definition) is 3. The van der Waals surface area contributed by atoms with Crippen LogP contribution in [0.4, 0.5) is 4.79 Å². The van der Waals surface area contributed by atoms with Crippen LogP contribution in [-0.2, 0) is 4.79 Å². The van der Waals surface area contributed by atoms with Crippen molar-refractivity contribution in [3.05, 3.63) is 0 Å². The molecular formula is C10H17N3O2. The molecule has 5 heteroatoms. The maximum atomic E-state index is 11.3. The Hall–Kier alpha value is -1.54. The SMILES string of the molecule is CC#CCNC(C)C(=O)NC(=O)NCC. The Morgan fingerprint density at radius 2 is 2.07 bits per heavy atom. The third-order valence-corrected chi connectivity index (χ3v) is 1.64. The summed E-state index contributed by atoms with van der Waals surface area (Å²) in [5.41, 5.74) is 0. The lowest BCUT2D eigenvalue weighted by molar-refractivity contribution is -0.121. The van der Waals surface area contributed by atoms with E-state index in [1.807, 2.05) is 0 Å². The van der Waals surface area contributed by atoms with Gasteiger partial charge < -0.3 is 5.32 Å². The fraction of sp³-hybridized carbons (Fsp3) is 0.600. The molecule has 0 bridgehead atoms. The number of nitrogens with one attached hydrogen (secondary N) is 3. The van der Waals surface area contributed by atoms with Crippen molar-refractivity contribution < 1.29 is 9.59 Å². The molecule has 0 fully saturated rings. The molecule has 0 aromatic heterocycles. The Bertz CT molecular complexity index is 278. The van der Waals surface area contributed by atoms with Gasteiger partial charge in [0.2, 0.25) is 5.91 Å². The third kappa shape index (κ3) is 6.52. The first-order chi connectivity index (χ1) is 7.11. The molecule has 1 unspecified atom stereocenters. The second-order valence-corrected chi connectivity index (χ2v) is 2.88. The highest BCUT2D eigenvalue weighted by molar-refractivity contribution is 5.96. The average molecular weight is 211 g/mol. The molecule has 0 aromatic carbocycles. The van der Waals surface area contributed by atoms with Crippen LogP contribution in [0.1, 0.15) is 20.8 Å². The van der Waals surface area contributed by atoms with Gasteiger partial charge in [0.15, 0.2) is 0 Å². The molecule has 3 N–H and O–H groups in total. The molecule has 84 valence electrons. The van der Waals surface area contributed by atoms with E-state index < -0.39 is 12.1 Å². The molecule has 0 saturated heterocycles. The minimum atomic E-state index is -0.474. The molecule has 1 atom stereocenters. The topological polar surface area (TPSA) is 70.2 Å². The molecule has 0 rings (SSSR count).